The summed E-state index contributed by atoms with van der Waals surface area (Å²) in [5.41, 5.74) is 0.824. The summed E-state index contributed by atoms with van der Waals surface area (Å²) in [5.74, 6) is 0.384. The highest BCUT2D eigenvalue weighted by Gasteiger charge is 2.14. The number of imidazole rings is 1. The van der Waals surface area contributed by atoms with E-state index in [9.17, 15) is 9.18 Å². The number of halogens is 1. The van der Waals surface area contributed by atoms with Gasteiger partial charge in [0.25, 0.3) is 0 Å². The van der Waals surface area contributed by atoms with Gasteiger partial charge in [0, 0.05) is 11.6 Å². The second-order valence-electron chi connectivity index (χ2n) is 3.99. The van der Waals surface area contributed by atoms with Crippen LogP contribution >= 0.6 is 11.3 Å². The van der Waals surface area contributed by atoms with Crippen molar-refractivity contribution in [1.29, 1.82) is 0 Å². The second-order valence-corrected chi connectivity index (χ2v) is 4.86. The van der Waals surface area contributed by atoms with Gasteiger partial charge in [0.1, 0.15) is 11.6 Å². The van der Waals surface area contributed by atoms with Crippen LogP contribution in [0.25, 0.3) is 4.96 Å². The van der Waals surface area contributed by atoms with Crippen molar-refractivity contribution in [1.82, 2.24) is 9.38 Å². The van der Waals surface area contributed by atoms with Crippen molar-refractivity contribution in [3.05, 3.63) is 46.9 Å². The average molecular weight is 276 g/mol. The first-order valence-electron chi connectivity index (χ1n) is 5.54. The molecule has 0 N–H and O–H groups in total. The smallest absolute Gasteiger partial charge is 0.250 e. The Labute approximate surface area is 112 Å². The van der Waals surface area contributed by atoms with E-state index in [1.807, 2.05) is 5.38 Å². The van der Waals surface area contributed by atoms with Gasteiger partial charge in [-0.15, -0.1) is 11.3 Å². The molecule has 0 atom stereocenters. The number of rotatable bonds is 3. The molecule has 0 aliphatic heterocycles. The maximum absolute atomic E-state index is 13.2. The highest BCUT2D eigenvalue weighted by Crippen LogP contribution is 2.27. The van der Waals surface area contributed by atoms with Crippen LogP contribution in [0.15, 0.2) is 29.8 Å². The lowest BCUT2D eigenvalue weighted by Gasteiger charge is -2.04. The molecule has 96 valence electrons. The molecule has 2 heterocycles. The lowest BCUT2D eigenvalue weighted by Crippen LogP contribution is -1.93. The van der Waals surface area contributed by atoms with E-state index in [-0.39, 0.29) is 11.7 Å². The summed E-state index contributed by atoms with van der Waals surface area (Å²) in [4.78, 5) is 16.0. The molecule has 19 heavy (non-hydrogen) atoms. The number of thiazole rings is 1. The second kappa shape index (κ2) is 4.47. The van der Waals surface area contributed by atoms with Gasteiger partial charge >= 0.3 is 0 Å². The van der Waals surface area contributed by atoms with Crippen molar-refractivity contribution in [3.63, 3.8) is 0 Å². The first-order chi connectivity index (χ1) is 9.19. The largest absolute Gasteiger partial charge is 0.437 e. The summed E-state index contributed by atoms with van der Waals surface area (Å²) >= 11 is 1.41. The van der Waals surface area contributed by atoms with Gasteiger partial charge in [-0.2, -0.15) is 4.98 Å². The van der Waals surface area contributed by atoms with E-state index in [2.05, 4.69) is 4.98 Å². The molecule has 6 heteroatoms. The molecule has 0 bridgehead atoms. The van der Waals surface area contributed by atoms with E-state index >= 15 is 0 Å². The highest BCUT2D eigenvalue weighted by atomic mass is 32.1. The standard InChI is InChI=1S/C13H9FN2O2S/c1-8-6-9(2-3-10(8)14)18-12-11(7-17)16-4-5-19-13(16)15-12/h2-7H,1H3. The molecule has 0 saturated heterocycles. The Hall–Kier alpha value is -2.21. The van der Waals surface area contributed by atoms with Gasteiger partial charge in [-0.05, 0) is 30.7 Å². The monoisotopic (exact) mass is 276 g/mol. The number of nitrogens with zero attached hydrogens (tertiary/aromatic N) is 2. The van der Waals surface area contributed by atoms with Crippen LogP contribution in [0.1, 0.15) is 16.1 Å². The molecule has 0 amide bonds. The molecule has 0 radical (unpaired) electrons. The minimum absolute atomic E-state index is 0.229. The predicted molar refractivity (Wildman–Crippen MR) is 69.7 cm³/mol. The zero-order valence-corrected chi connectivity index (χ0v) is 10.8. The van der Waals surface area contributed by atoms with E-state index in [1.165, 1.54) is 23.5 Å². The van der Waals surface area contributed by atoms with Crippen LogP contribution in [0.2, 0.25) is 0 Å². The van der Waals surface area contributed by atoms with Crippen LogP contribution in [0.4, 0.5) is 4.39 Å². The quantitative estimate of drug-likeness (QED) is 0.688. The number of fused-ring (bicyclic) bond motifs is 1. The Kier molecular flexibility index (Phi) is 2.79. The first kappa shape index (κ1) is 11.9. The summed E-state index contributed by atoms with van der Waals surface area (Å²) in [6, 6.07) is 4.39. The zero-order valence-electron chi connectivity index (χ0n) is 9.96. The first-order valence-corrected chi connectivity index (χ1v) is 6.42. The van der Waals surface area contributed by atoms with Gasteiger partial charge in [0.15, 0.2) is 16.9 Å². The Morgan fingerprint density at radius 3 is 3.05 bits per heavy atom. The molecular formula is C13H9FN2O2S. The normalized spacial score (nSPS) is 10.8. The average Bonchev–Trinajstić information content (AvgIpc) is 2.94. The van der Waals surface area contributed by atoms with Crippen LogP contribution in [-0.2, 0) is 0 Å². The van der Waals surface area contributed by atoms with E-state index in [0.29, 0.717) is 28.3 Å². The summed E-state index contributed by atoms with van der Waals surface area (Å²) < 4.78 is 20.4. The van der Waals surface area contributed by atoms with Crippen LogP contribution in [-0.4, -0.2) is 15.7 Å². The number of benzene rings is 1. The van der Waals surface area contributed by atoms with E-state index < -0.39 is 0 Å². The topological polar surface area (TPSA) is 43.6 Å². The maximum Gasteiger partial charge on any atom is 0.250 e. The number of aromatic nitrogens is 2. The van der Waals surface area contributed by atoms with Crippen LogP contribution in [0.3, 0.4) is 0 Å². The van der Waals surface area contributed by atoms with Crippen molar-refractivity contribution < 1.29 is 13.9 Å². The van der Waals surface area contributed by atoms with Gasteiger partial charge in [0.05, 0.1) is 0 Å². The predicted octanol–water partition coefficient (Wildman–Crippen LogP) is 3.45. The summed E-state index contributed by atoms with van der Waals surface area (Å²) in [6.07, 6.45) is 2.44. The summed E-state index contributed by atoms with van der Waals surface area (Å²) in [7, 11) is 0. The Balaban J connectivity index is 2.02. The summed E-state index contributed by atoms with van der Waals surface area (Å²) in [5, 5.41) is 1.83. The number of carbonyl (C=O) groups excluding carboxylic acids is 1. The fourth-order valence-corrected chi connectivity index (χ4v) is 2.47. The molecule has 2 aromatic heterocycles. The van der Waals surface area contributed by atoms with E-state index in [4.69, 9.17) is 4.74 Å². The van der Waals surface area contributed by atoms with Crippen molar-refractivity contribution in [2.45, 2.75) is 6.92 Å². The Morgan fingerprint density at radius 2 is 2.32 bits per heavy atom. The highest BCUT2D eigenvalue weighted by molar-refractivity contribution is 7.15. The van der Waals surface area contributed by atoms with Crippen LogP contribution in [0, 0.1) is 12.7 Å². The Morgan fingerprint density at radius 1 is 1.47 bits per heavy atom. The number of hydrogen-bond donors (Lipinski definition) is 0. The fraction of sp³-hybridized carbons (Fsp3) is 0.0769. The number of ether oxygens (including phenoxy) is 1. The third-order valence-corrected chi connectivity index (χ3v) is 3.48. The number of carbonyl (C=O) groups is 1. The molecule has 0 fully saturated rings. The van der Waals surface area contributed by atoms with Crippen molar-refractivity contribution in [2.24, 2.45) is 0 Å². The van der Waals surface area contributed by atoms with Crippen molar-refractivity contribution in [3.8, 4) is 11.6 Å². The molecule has 0 aliphatic rings. The molecule has 1 aromatic carbocycles. The number of aryl methyl sites for hydroxylation is 1. The van der Waals surface area contributed by atoms with Gasteiger partial charge < -0.3 is 4.74 Å². The fourth-order valence-electron chi connectivity index (χ4n) is 1.76. The number of hydrogen-bond acceptors (Lipinski definition) is 4. The summed E-state index contributed by atoms with van der Waals surface area (Å²) in [6.45, 7) is 1.65. The SMILES string of the molecule is Cc1cc(Oc2nc3sccn3c2C=O)ccc1F. The molecular weight excluding hydrogens is 267 g/mol. The molecule has 0 unspecified atom stereocenters. The van der Waals surface area contributed by atoms with E-state index in [0.717, 1.165) is 0 Å². The van der Waals surface area contributed by atoms with Crippen molar-refractivity contribution >= 4 is 22.6 Å². The lowest BCUT2D eigenvalue weighted by atomic mass is 10.2. The van der Waals surface area contributed by atoms with Gasteiger partial charge in [0.2, 0.25) is 5.88 Å². The Bertz CT molecular complexity index is 763. The van der Waals surface area contributed by atoms with Gasteiger partial charge in [-0.3, -0.25) is 9.20 Å². The molecule has 4 nitrogen and oxygen atoms in total. The molecule has 0 spiro atoms. The molecule has 3 rings (SSSR count). The lowest BCUT2D eigenvalue weighted by molar-refractivity contribution is 0.111. The molecule has 0 aliphatic carbocycles. The minimum Gasteiger partial charge on any atom is -0.437 e. The number of aldehydes is 1. The molecule has 0 saturated carbocycles. The molecule has 3 aromatic rings. The van der Waals surface area contributed by atoms with E-state index in [1.54, 1.807) is 23.6 Å². The maximum atomic E-state index is 13.2. The van der Waals surface area contributed by atoms with Gasteiger partial charge in [-0.1, -0.05) is 0 Å². The van der Waals surface area contributed by atoms with Crippen molar-refractivity contribution in [2.75, 3.05) is 0 Å². The third kappa shape index (κ3) is 2.00. The zero-order chi connectivity index (χ0) is 13.4. The third-order valence-electron chi connectivity index (χ3n) is 2.72. The minimum atomic E-state index is -0.297. The van der Waals surface area contributed by atoms with Crippen LogP contribution in [0.5, 0.6) is 11.6 Å². The van der Waals surface area contributed by atoms with Gasteiger partial charge in [-0.25, -0.2) is 4.39 Å². The van der Waals surface area contributed by atoms with Crippen LogP contribution < -0.4 is 4.74 Å².